The maximum Gasteiger partial charge on any atom is 0.134 e. The molecule has 1 aliphatic rings. The average molecular weight is 312 g/mol. The lowest BCUT2D eigenvalue weighted by Gasteiger charge is -2.35. The first kappa shape index (κ1) is 14.6. The van der Waals surface area contributed by atoms with Gasteiger partial charge < -0.3 is 5.32 Å². The van der Waals surface area contributed by atoms with Crippen LogP contribution in [0.3, 0.4) is 0 Å². The minimum atomic E-state index is -0.891. The average Bonchev–Trinajstić information content (AvgIpc) is 2.97. The fourth-order valence-electron chi connectivity index (χ4n) is 2.75. The van der Waals surface area contributed by atoms with E-state index in [-0.39, 0.29) is 5.56 Å². The van der Waals surface area contributed by atoms with Crippen LogP contribution in [-0.2, 0) is 0 Å². The lowest BCUT2D eigenvalue weighted by Crippen LogP contribution is -2.45. The summed E-state index contributed by atoms with van der Waals surface area (Å²) in [6, 6.07) is 2.85. The van der Waals surface area contributed by atoms with Crippen LogP contribution < -0.4 is 5.32 Å². The van der Waals surface area contributed by atoms with Crippen LogP contribution in [0.4, 0.5) is 13.2 Å². The normalized spacial score (nSPS) is 17.9. The van der Waals surface area contributed by atoms with Gasteiger partial charge >= 0.3 is 0 Å². The van der Waals surface area contributed by atoms with Crippen LogP contribution >= 0.6 is 11.3 Å². The molecule has 1 aromatic carbocycles. The van der Waals surface area contributed by atoms with E-state index >= 15 is 0 Å². The second kappa shape index (κ2) is 6.17. The summed E-state index contributed by atoms with van der Waals surface area (Å²) in [6.45, 7) is 2.92. The van der Waals surface area contributed by atoms with E-state index in [2.05, 4.69) is 5.32 Å². The lowest BCUT2D eigenvalue weighted by atomic mass is 9.97. The van der Waals surface area contributed by atoms with Crippen LogP contribution in [0.2, 0.25) is 0 Å². The Labute approximate surface area is 125 Å². The molecule has 1 atom stereocenters. The zero-order valence-electron chi connectivity index (χ0n) is 11.3. The van der Waals surface area contributed by atoms with Gasteiger partial charge in [-0.25, -0.2) is 13.2 Å². The van der Waals surface area contributed by atoms with Gasteiger partial charge in [-0.3, -0.25) is 4.90 Å². The highest BCUT2D eigenvalue weighted by Crippen LogP contribution is 2.34. The summed E-state index contributed by atoms with van der Waals surface area (Å²) >= 11 is 1.48. The third kappa shape index (κ3) is 2.97. The minimum Gasteiger partial charge on any atom is -0.314 e. The molecule has 1 fully saturated rings. The maximum atomic E-state index is 14.2. The molecular formula is C15H15F3N2S. The SMILES string of the molecule is Fc1cc(F)c([C@H](c2ccsc2)N2CCNCC2)c(F)c1. The van der Waals surface area contributed by atoms with E-state index in [4.69, 9.17) is 0 Å². The van der Waals surface area contributed by atoms with Gasteiger partial charge in [0.25, 0.3) is 0 Å². The number of nitrogens with one attached hydrogen (secondary N) is 1. The van der Waals surface area contributed by atoms with E-state index in [9.17, 15) is 13.2 Å². The summed E-state index contributed by atoms with van der Waals surface area (Å²) < 4.78 is 41.5. The van der Waals surface area contributed by atoms with E-state index in [1.54, 1.807) is 0 Å². The summed E-state index contributed by atoms with van der Waals surface area (Å²) in [5, 5.41) is 6.98. The molecule has 1 aliphatic heterocycles. The third-order valence-electron chi connectivity index (χ3n) is 3.69. The van der Waals surface area contributed by atoms with Crippen LogP contribution in [0.1, 0.15) is 17.2 Å². The van der Waals surface area contributed by atoms with Crippen molar-refractivity contribution in [3.63, 3.8) is 0 Å². The second-order valence-corrected chi connectivity index (χ2v) is 5.81. The van der Waals surface area contributed by atoms with Crippen LogP contribution in [0.15, 0.2) is 29.0 Å². The molecule has 2 aromatic rings. The predicted octanol–water partition coefficient (Wildman–Crippen LogP) is 3.16. The number of rotatable bonds is 3. The van der Waals surface area contributed by atoms with Crippen molar-refractivity contribution in [1.29, 1.82) is 0 Å². The highest BCUT2D eigenvalue weighted by molar-refractivity contribution is 7.08. The Morgan fingerprint density at radius 3 is 2.33 bits per heavy atom. The maximum absolute atomic E-state index is 14.2. The van der Waals surface area contributed by atoms with Crippen LogP contribution in [0.5, 0.6) is 0 Å². The van der Waals surface area contributed by atoms with Crippen molar-refractivity contribution in [1.82, 2.24) is 10.2 Å². The standard InChI is InChI=1S/C15H15F3N2S/c16-11-7-12(17)14(13(18)8-11)15(10-1-6-21-9-10)20-4-2-19-3-5-20/h1,6-9,15,19H,2-5H2/t15-/m0/s1. The summed E-state index contributed by atoms with van der Waals surface area (Å²) in [6.07, 6.45) is 0. The molecule has 2 heterocycles. The van der Waals surface area contributed by atoms with Gasteiger partial charge in [0.15, 0.2) is 0 Å². The summed E-state index contributed by atoms with van der Waals surface area (Å²) in [5.74, 6) is -2.55. The van der Waals surface area contributed by atoms with Crippen molar-refractivity contribution in [2.45, 2.75) is 6.04 Å². The van der Waals surface area contributed by atoms with Crippen LogP contribution in [0, 0.1) is 17.5 Å². The monoisotopic (exact) mass is 312 g/mol. The van der Waals surface area contributed by atoms with Crippen molar-refractivity contribution in [2.75, 3.05) is 26.2 Å². The first-order valence-corrected chi connectivity index (χ1v) is 7.72. The summed E-state index contributed by atoms with van der Waals surface area (Å²) in [5.41, 5.74) is 0.767. The van der Waals surface area contributed by atoms with Crippen molar-refractivity contribution in [2.24, 2.45) is 0 Å². The Hall–Kier alpha value is -1.37. The zero-order chi connectivity index (χ0) is 14.8. The topological polar surface area (TPSA) is 15.3 Å². The number of piperazine rings is 1. The lowest BCUT2D eigenvalue weighted by molar-refractivity contribution is 0.192. The largest absolute Gasteiger partial charge is 0.314 e. The molecule has 3 rings (SSSR count). The van der Waals surface area contributed by atoms with Gasteiger partial charge in [-0.1, -0.05) is 0 Å². The smallest absolute Gasteiger partial charge is 0.134 e. The molecule has 1 aromatic heterocycles. The molecule has 1 N–H and O–H groups in total. The van der Waals surface area contributed by atoms with E-state index in [0.29, 0.717) is 13.1 Å². The number of hydrogen-bond donors (Lipinski definition) is 1. The number of nitrogens with zero attached hydrogens (tertiary/aromatic N) is 1. The highest BCUT2D eigenvalue weighted by atomic mass is 32.1. The van der Waals surface area contributed by atoms with Crippen molar-refractivity contribution in [3.8, 4) is 0 Å². The van der Waals surface area contributed by atoms with E-state index in [0.717, 1.165) is 30.8 Å². The Bertz CT molecular complexity index is 586. The third-order valence-corrected chi connectivity index (χ3v) is 4.39. The molecule has 0 bridgehead atoms. The Morgan fingerprint density at radius 2 is 1.76 bits per heavy atom. The molecule has 0 amide bonds. The molecule has 6 heteroatoms. The molecule has 1 saturated heterocycles. The molecule has 0 radical (unpaired) electrons. The first-order chi connectivity index (χ1) is 10.2. The Kier molecular flexibility index (Phi) is 4.28. The molecule has 112 valence electrons. The number of halogens is 3. The van der Waals surface area contributed by atoms with Gasteiger partial charge in [-0.15, -0.1) is 0 Å². The molecule has 0 saturated carbocycles. The van der Waals surface area contributed by atoms with E-state index in [1.807, 2.05) is 21.7 Å². The summed E-state index contributed by atoms with van der Waals surface area (Å²) in [4.78, 5) is 2.03. The summed E-state index contributed by atoms with van der Waals surface area (Å²) in [7, 11) is 0. The Balaban J connectivity index is 2.07. The van der Waals surface area contributed by atoms with Gasteiger partial charge in [0.2, 0.25) is 0 Å². The van der Waals surface area contributed by atoms with Crippen molar-refractivity contribution < 1.29 is 13.2 Å². The molecule has 2 nitrogen and oxygen atoms in total. The fourth-order valence-corrected chi connectivity index (χ4v) is 3.42. The van der Waals surface area contributed by atoms with Crippen molar-refractivity contribution in [3.05, 3.63) is 57.5 Å². The van der Waals surface area contributed by atoms with Gasteiger partial charge in [-0.05, 0) is 22.4 Å². The molecular weight excluding hydrogens is 297 g/mol. The van der Waals surface area contributed by atoms with Gasteiger partial charge in [0.1, 0.15) is 17.5 Å². The van der Waals surface area contributed by atoms with E-state index in [1.165, 1.54) is 11.3 Å². The molecule has 21 heavy (non-hydrogen) atoms. The van der Waals surface area contributed by atoms with E-state index < -0.39 is 23.5 Å². The second-order valence-electron chi connectivity index (χ2n) is 5.03. The number of benzene rings is 1. The fraction of sp³-hybridized carbons (Fsp3) is 0.333. The quantitative estimate of drug-likeness (QED) is 0.936. The highest BCUT2D eigenvalue weighted by Gasteiger charge is 2.29. The number of hydrogen-bond acceptors (Lipinski definition) is 3. The number of thiophene rings is 1. The molecule has 0 unspecified atom stereocenters. The van der Waals surface area contributed by atoms with Gasteiger partial charge in [0.05, 0.1) is 6.04 Å². The first-order valence-electron chi connectivity index (χ1n) is 6.78. The predicted molar refractivity (Wildman–Crippen MR) is 76.9 cm³/mol. The van der Waals surface area contributed by atoms with Gasteiger partial charge in [0, 0.05) is 43.9 Å². The van der Waals surface area contributed by atoms with Crippen molar-refractivity contribution >= 4 is 11.3 Å². The zero-order valence-corrected chi connectivity index (χ0v) is 12.1. The molecule has 0 aliphatic carbocycles. The van der Waals surface area contributed by atoms with Crippen LogP contribution in [-0.4, -0.2) is 31.1 Å². The van der Waals surface area contributed by atoms with Gasteiger partial charge in [-0.2, -0.15) is 11.3 Å². The van der Waals surface area contributed by atoms with Crippen LogP contribution in [0.25, 0.3) is 0 Å². The minimum absolute atomic E-state index is 0.0725. The Morgan fingerprint density at radius 1 is 1.10 bits per heavy atom. The molecule has 0 spiro atoms.